The number of nitrogens with zero attached hydrogens (tertiary/aromatic N) is 3. The number of amidine groups is 1. The molecule has 0 radical (unpaired) electrons. The number of allylic oxidation sites excluding steroid dienone is 1. The number of amides is 1. The smallest absolute Gasteiger partial charge is 0.461 e. The Morgan fingerprint density at radius 3 is 2.22 bits per heavy atom. The van der Waals surface area contributed by atoms with Gasteiger partial charge in [0.1, 0.15) is 5.71 Å². The number of esters is 1. The molecule has 0 spiro atoms. The standard InChI is InChI=1S/C23H16F3N3O3/c1-2-32-21(30)19-15-18(14-13-16-9-5-3-6-10-16)28-29(22(31)23(24,25)26)20(27-19)17-11-7-4-8-12-17/h3-12,15H,2H2,1H3. The number of carbonyl (C=O) groups excluding carboxylic acids is 2. The molecule has 0 saturated carbocycles. The van der Waals surface area contributed by atoms with Crippen LogP contribution in [0.3, 0.4) is 0 Å². The van der Waals surface area contributed by atoms with Crippen molar-refractivity contribution in [3.63, 3.8) is 0 Å². The van der Waals surface area contributed by atoms with Gasteiger partial charge < -0.3 is 4.74 Å². The number of carbonyl (C=O) groups is 2. The molecule has 162 valence electrons. The maximum atomic E-state index is 13.3. The highest BCUT2D eigenvalue weighted by molar-refractivity contribution is 6.18. The van der Waals surface area contributed by atoms with Crippen LogP contribution in [0.2, 0.25) is 0 Å². The summed E-state index contributed by atoms with van der Waals surface area (Å²) in [6.45, 7) is 1.58. The van der Waals surface area contributed by atoms with Crippen molar-refractivity contribution in [1.29, 1.82) is 0 Å². The summed E-state index contributed by atoms with van der Waals surface area (Å²) in [5.41, 5.74) is 0.0817. The van der Waals surface area contributed by atoms with Gasteiger partial charge in [0.15, 0.2) is 11.5 Å². The monoisotopic (exact) mass is 439 g/mol. The molecule has 0 bridgehead atoms. The van der Waals surface area contributed by atoms with Gasteiger partial charge in [0, 0.05) is 17.2 Å². The van der Waals surface area contributed by atoms with Gasteiger partial charge in [0.2, 0.25) is 0 Å². The highest BCUT2D eigenvalue weighted by Crippen LogP contribution is 2.23. The van der Waals surface area contributed by atoms with Crippen molar-refractivity contribution in [3.8, 4) is 11.8 Å². The number of halogens is 3. The molecule has 1 amide bonds. The molecule has 0 aromatic heterocycles. The predicted octanol–water partition coefficient (Wildman–Crippen LogP) is 3.69. The zero-order valence-corrected chi connectivity index (χ0v) is 16.8. The van der Waals surface area contributed by atoms with Crippen molar-refractivity contribution in [1.82, 2.24) is 5.01 Å². The second kappa shape index (κ2) is 9.75. The quantitative estimate of drug-likeness (QED) is 0.541. The molecule has 1 heterocycles. The molecule has 6 nitrogen and oxygen atoms in total. The molecule has 0 saturated heterocycles. The minimum absolute atomic E-state index is 0.0136. The van der Waals surface area contributed by atoms with Crippen molar-refractivity contribution < 1.29 is 27.5 Å². The van der Waals surface area contributed by atoms with E-state index in [0.29, 0.717) is 5.56 Å². The summed E-state index contributed by atoms with van der Waals surface area (Å²) in [6, 6.07) is 16.2. The number of hydrogen-bond donors (Lipinski definition) is 0. The Hall–Kier alpha value is -4.19. The maximum Gasteiger partial charge on any atom is 0.473 e. The Bertz CT molecular complexity index is 1160. The van der Waals surface area contributed by atoms with Gasteiger partial charge >= 0.3 is 18.1 Å². The normalized spacial score (nSPS) is 13.6. The molecule has 32 heavy (non-hydrogen) atoms. The molecule has 0 atom stereocenters. The minimum Gasteiger partial charge on any atom is -0.461 e. The fourth-order valence-corrected chi connectivity index (χ4v) is 2.57. The Balaban J connectivity index is 2.19. The third kappa shape index (κ3) is 5.49. The van der Waals surface area contributed by atoms with E-state index in [9.17, 15) is 22.8 Å². The van der Waals surface area contributed by atoms with E-state index in [4.69, 9.17) is 4.74 Å². The maximum absolute atomic E-state index is 13.3. The largest absolute Gasteiger partial charge is 0.473 e. The fraction of sp³-hybridized carbons (Fsp3) is 0.130. The van der Waals surface area contributed by atoms with Crippen LogP contribution in [-0.2, 0) is 14.3 Å². The van der Waals surface area contributed by atoms with Gasteiger partial charge in [-0.2, -0.15) is 23.3 Å². The SMILES string of the molecule is CCOC(=O)C1=CC(C#Cc2ccccc2)=NN(C(=O)C(F)(F)F)C(c2ccccc2)=N1. The number of alkyl halides is 3. The van der Waals surface area contributed by atoms with Gasteiger partial charge in [-0.1, -0.05) is 54.5 Å². The van der Waals surface area contributed by atoms with E-state index >= 15 is 0 Å². The van der Waals surface area contributed by atoms with Crippen molar-refractivity contribution >= 4 is 23.4 Å². The third-order valence-electron chi connectivity index (χ3n) is 3.97. The number of benzene rings is 2. The van der Waals surface area contributed by atoms with E-state index in [1.165, 1.54) is 12.1 Å². The van der Waals surface area contributed by atoms with Crippen LogP contribution in [0.25, 0.3) is 0 Å². The molecule has 0 N–H and O–H groups in total. The van der Waals surface area contributed by atoms with Crippen LogP contribution in [0.15, 0.2) is 82.5 Å². The Kier molecular flexibility index (Phi) is 6.85. The Morgan fingerprint density at radius 1 is 1.00 bits per heavy atom. The number of rotatable bonds is 3. The van der Waals surface area contributed by atoms with Crippen LogP contribution in [0.1, 0.15) is 18.1 Å². The van der Waals surface area contributed by atoms with E-state index in [1.54, 1.807) is 55.5 Å². The van der Waals surface area contributed by atoms with E-state index in [-0.39, 0.29) is 28.6 Å². The van der Waals surface area contributed by atoms with Gasteiger partial charge in [-0.3, -0.25) is 4.79 Å². The lowest BCUT2D eigenvalue weighted by Gasteiger charge is -2.20. The first kappa shape index (κ1) is 22.5. The summed E-state index contributed by atoms with van der Waals surface area (Å²) in [7, 11) is 0. The first-order valence-electron chi connectivity index (χ1n) is 9.39. The molecule has 0 unspecified atom stereocenters. The lowest BCUT2D eigenvalue weighted by Crippen LogP contribution is -2.42. The molecular formula is C23H16F3N3O3. The molecule has 2 aromatic carbocycles. The summed E-state index contributed by atoms with van der Waals surface area (Å²) < 4.78 is 45.0. The molecular weight excluding hydrogens is 423 g/mol. The third-order valence-corrected chi connectivity index (χ3v) is 3.97. The van der Waals surface area contributed by atoms with Crippen molar-refractivity contribution in [3.05, 3.63) is 83.6 Å². The molecule has 0 fully saturated rings. The molecule has 9 heteroatoms. The van der Waals surface area contributed by atoms with Crippen molar-refractivity contribution in [2.45, 2.75) is 13.1 Å². The van der Waals surface area contributed by atoms with Crippen LogP contribution >= 0.6 is 0 Å². The summed E-state index contributed by atoms with van der Waals surface area (Å²) in [5.74, 6) is 1.68. The average Bonchev–Trinajstić information content (AvgIpc) is 2.98. The van der Waals surface area contributed by atoms with Crippen LogP contribution in [-0.4, -0.2) is 41.2 Å². The van der Waals surface area contributed by atoms with Crippen LogP contribution in [0, 0.1) is 11.8 Å². The molecule has 2 aromatic rings. The van der Waals surface area contributed by atoms with E-state index in [2.05, 4.69) is 21.9 Å². The van der Waals surface area contributed by atoms with Crippen molar-refractivity contribution in [2.75, 3.05) is 6.61 Å². The van der Waals surface area contributed by atoms with E-state index < -0.39 is 23.9 Å². The van der Waals surface area contributed by atoms with Crippen LogP contribution < -0.4 is 0 Å². The number of ether oxygens (including phenoxy) is 1. The number of aliphatic imine (C=N–C) groups is 1. The second-order valence-electron chi connectivity index (χ2n) is 6.27. The highest BCUT2D eigenvalue weighted by Gasteiger charge is 2.45. The van der Waals surface area contributed by atoms with Gasteiger partial charge in [-0.25, -0.2) is 9.79 Å². The van der Waals surface area contributed by atoms with Crippen LogP contribution in [0.4, 0.5) is 13.2 Å². The Labute approximate surface area is 181 Å². The minimum atomic E-state index is -5.24. The summed E-state index contributed by atoms with van der Waals surface area (Å²) in [6.07, 6.45) is -4.16. The molecule has 1 aliphatic rings. The topological polar surface area (TPSA) is 71.3 Å². The van der Waals surface area contributed by atoms with Gasteiger partial charge in [0.05, 0.1) is 6.61 Å². The second-order valence-corrected chi connectivity index (χ2v) is 6.27. The average molecular weight is 439 g/mol. The van der Waals surface area contributed by atoms with E-state index in [0.717, 1.165) is 6.08 Å². The molecule has 0 aliphatic carbocycles. The molecule has 1 aliphatic heterocycles. The van der Waals surface area contributed by atoms with E-state index in [1.807, 2.05) is 0 Å². The first-order chi connectivity index (χ1) is 15.3. The summed E-state index contributed by atoms with van der Waals surface area (Å²) in [4.78, 5) is 28.6. The van der Waals surface area contributed by atoms with Crippen LogP contribution in [0.5, 0.6) is 0 Å². The Morgan fingerprint density at radius 2 is 1.62 bits per heavy atom. The first-order valence-corrected chi connectivity index (χ1v) is 9.39. The lowest BCUT2D eigenvalue weighted by atomic mass is 10.2. The fourth-order valence-electron chi connectivity index (χ4n) is 2.57. The van der Waals surface area contributed by atoms with Crippen molar-refractivity contribution in [2.24, 2.45) is 10.1 Å². The van der Waals surface area contributed by atoms with Gasteiger partial charge in [0.25, 0.3) is 0 Å². The van der Waals surface area contributed by atoms with Gasteiger partial charge in [-0.05, 0) is 25.0 Å². The lowest BCUT2D eigenvalue weighted by molar-refractivity contribution is -0.181. The summed E-state index contributed by atoms with van der Waals surface area (Å²) >= 11 is 0. The summed E-state index contributed by atoms with van der Waals surface area (Å²) in [5, 5.41) is 3.90. The zero-order valence-electron chi connectivity index (χ0n) is 16.8. The highest BCUT2D eigenvalue weighted by atomic mass is 19.4. The number of hydrogen-bond acceptors (Lipinski definition) is 5. The zero-order chi connectivity index (χ0) is 23.1. The number of hydrazone groups is 1. The molecule has 3 rings (SSSR count). The predicted molar refractivity (Wildman–Crippen MR) is 111 cm³/mol. The van der Waals surface area contributed by atoms with Gasteiger partial charge in [-0.15, -0.1) is 0 Å².